The van der Waals surface area contributed by atoms with Gasteiger partial charge < -0.3 is 9.84 Å². The first-order valence-corrected chi connectivity index (χ1v) is 7.63. The Bertz CT molecular complexity index is 577. The zero-order chi connectivity index (χ0) is 14.8. The molecule has 20 heavy (non-hydrogen) atoms. The highest BCUT2D eigenvalue weighted by Crippen LogP contribution is 2.22. The topological polar surface area (TPSA) is 89.9 Å². The molecule has 0 bridgehead atoms. The molecule has 1 fully saturated rings. The summed E-state index contributed by atoms with van der Waals surface area (Å²) in [6.45, 7) is 1.69. The lowest BCUT2D eigenvalue weighted by Gasteiger charge is -2.11. The molecule has 1 N–H and O–H groups in total. The minimum Gasteiger partial charge on any atom is -0.479 e. The zero-order valence-corrected chi connectivity index (χ0v) is 11.8. The lowest BCUT2D eigenvalue weighted by molar-refractivity contribution is -0.149. The van der Waals surface area contributed by atoms with Gasteiger partial charge in [-0.1, -0.05) is 17.7 Å². The van der Waals surface area contributed by atoms with Gasteiger partial charge in [-0.2, -0.15) is 8.42 Å². The first kappa shape index (κ1) is 15.0. The number of ether oxygens (including phenoxy) is 1. The number of carbonyl (C=O) groups is 1. The van der Waals surface area contributed by atoms with Crippen LogP contribution in [0.4, 0.5) is 0 Å². The van der Waals surface area contributed by atoms with Gasteiger partial charge in [0.25, 0.3) is 10.1 Å². The molecule has 0 amide bonds. The standard InChI is InChI=1S/C13H16O6S/c1-9-2-5-11(6-3-9)20(16,17)18-8-10-4-7-12(19-10)13(14)15/h2-3,5-6,10,12H,4,7-8H2,1H3,(H,14,15). The summed E-state index contributed by atoms with van der Waals surface area (Å²) in [5.74, 6) is -1.03. The van der Waals surface area contributed by atoms with E-state index in [4.69, 9.17) is 14.0 Å². The lowest BCUT2D eigenvalue weighted by atomic mass is 10.2. The molecule has 0 spiro atoms. The van der Waals surface area contributed by atoms with Crippen LogP contribution in [-0.4, -0.2) is 38.3 Å². The Balaban J connectivity index is 1.93. The fourth-order valence-electron chi connectivity index (χ4n) is 1.95. The number of benzene rings is 1. The summed E-state index contributed by atoms with van der Waals surface area (Å²) in [4.78, 5) is 10.8. The molecule has 2 atom stereocenters. The fraction of sp³-hybridized carbons (Fsp3) is 0.462. The predicted molar refractivity (Wildman–Crippen MR) is 69.8 cm³/mol. The van der Waals surface area contributed by atoms with Crippen LogP contribution in [0.1, 0.15) is 18.4 Å². The molecule has 0 radical (unpaired) electrons. The Morgan fingerprint density at radius 3 is 2.55 bits per heavy atom. The minimum absolute atomic E-state index is 0.0795. The maximum Gasteiger partial charge on any atom is 0.332 e. The van der Waals surface area contributed by atoms with Gasteiger partial charge in [-0.3, -0.25) is 4.18 Å². The number of carboxylic acid groups (broad SMARTS) is 1. The van der Waals surface area contributed by atoms with Gasteiger partial charge in [-0.05, 0) is 31.9 Å². The normalized spacial score (nSPS) is 22.9. The Labute approximate surface area is 117 Å². The van der Waals surface area contributed by atoms with Gasteiger partial charge in [0.15, 0.2) is 6.10 Å². The molecular formula is C13H16O6S. The number of carboxylic acids is 1. The van der Waals surface area contributed by atoms with Crippen LogP contribution in [0.5, 0.6) is 0 Å². The Morgan fingerprint density at radius 1 is 1.35 bits per heavy atom. The molecule has 2 rings (SSSR count). The summed E-state index contributed by atoms with van der Waals surface area (Å²) in [6.07, 6.45) is -0.532. The van der Waals surface area contributed by atoms with Gasteiger partial charge in [0.05, 0.1) is 17.6 Å². The van der Waals surface area contributed by atoms with Crippen LogP contribution in [-0.2, 0) is 23.8 Å². The van der Waals surface area contributed by atoms with Crippen LogP contribution < -0.4 is 0 Å². The van der Waals surface area contributed by atoms with Gasteiger partial charge >= 0.3 is 5.97 Å². The van der Waals surface area contributed by atoms with Crippen molar-refractivity contribution in [3.63, 3.8) is 0 Å². The molecule has 6 nitrogen and oxygen atoms in total. The molecule has 1 aliphatic rings. The first-order chi connectivity index (χ1) is 9.38. The van der Waals surface area contributed by atoms with Gasteiger partial charge in [-0.25, -0.2) is 4.79 Å². The van der Waals surface area contributed by atoms with Crippen LogP contribution in [0.2, 0.25) is 0 Å². The SMILES string of the molecule is Cc1ccc(S(=O)(=O)OCC2CCC(C(=O)O)O2)cc1. The van der Waals surface area contributed by atoms with Gasteiger partial charge in [0.1, 0.15) is 0 Å². The van der Waals surface area contributed by atoms with Crippen LogP contribution >= 0.6 is 0 Å². The van der Waals surface area contributed by atoms with E-state index in [0.717, 1.165) is 5.56 Å². The van der Waals surface area contributed by atoms with Crippen LogP contribution in [0.25, 0.3) is 0 Å². The Morgan fingerprint density at radius 2 is 2.00 bits per heavy atom. The summed E-state index contributed by atoms with van der Waals surface area (Å²) in [6, 6.07) is 6.31. The average Bonchev–Trinajstić information content (AvgIpc) is 2.86. The second kappa shape index (κ2) is 5.90. The summed E-state index contributed by atoms with van der Waals surface area (Å²) >= 11 is 0. The zero-order valence-electron chi connectivity index (χ0n) is 11.0. The van der Waals surface area contributed by atoms with Crippen molar-refractivity contribution >= 4 is 16.1 Å². The number of rotatable bonds is 5. The first-order valence-electron chi connectivity index (χ1n) is 6.23. The molecule has 0 aliphatic carbocycles. The van der Waals surface area contributed by atoms with Crippen molar-refractivity contribution in [2.75, 3.05) is 6.61 Å². The van der Waals surface area contributed by atoms with E-state index >= 15 is 0 Å². The van der Waals surface area contributed by atoms with E-state index in [1.165, 1.54) is 12.1 Å². The van der Waals surface area contributed by atoms with E-state index in [2.05, 4.69) is 0 Å². The number of aryl methyl sites for hydroxylation is 1. The predicted octanol–water partition coefficient (Wildman–Crippen LogP) is 1.33. The minimum atomic E-state index is -3.83. The molecule has 0 aromatic heterocycles. The molecule has 7 heteroatoms. The van der Waals surface area contributed by atoms with Crippen molar-refractivity contribution in [3.05, 3.63) is 29.8 Å². The number of aliphatic carboxylic acids is 1. The van der Waals surface area contributed by atoms with E-state index < -0.39 is 28.3 Å². The van der Waals surface area contributed by atoms with Crippen molar-refractivity contribution in [1.29, 1.82) is 0 Å². The third kappa shape index (κ3) is 3.56. The highest BCUT2D eigenvalue weighted by Gasteiger charge is 2.31. The smallest absolute Gasteiger partial charge is 0.332 e. The average molecular weight is 300 g/mol. The van der Waals surface area contributed by atoms with Crippen molar-refractivity contribution < 1.29 is 27.2 Å². The molecule has 110 valence electrons. The van der Waals surface area contributed by atoms with Crippen molar-refractivity contribution in [2.45, 2.75) is 36.9 Å². The molecule has 1 aromatic carbocycles. The fourth-order valence-corrected chi connectivity index (χ4v) is 2.88. The Kier molecular flexibility index (Phi) is 4.42. The van der Waals surface area contributed by atoms with Gasteiger partial charge in [0.2, 0.25) is 0 Å². The number of hydrogen-bond acceptors (Lipinski definition) is 5. The number of hydrogen-bond donors (Lipinski definition) is 1. The monoisotopic (exact) mass is 300 g/mol. The largest absolute Gasteiger partial charge is 0.479 e. The van der Waals surface area contributed by atoms with E-state index in [0.29, 0.717) is 12.8 Å². The highest BCUT2D eigenvalue weighted by atomic mass is 32.2. The molecule has 1 aromatic rings. The summed E-state index contributed by atoms with van der Waals surface area (Å²) < 4.78 is 33.9. The quantitative estimate of drug-likeness (QED) is 0.825. The summed E-state index contributed by atoms with van der Waals surface area (Å²) in [5, 5.41) is 8.78. The Hall–Kier alpha value is -1.44. The van der Waals surface area contributed by atoms with Crippen LogP contribution in [0, 0.1) is 6.92 Å². The molecular weight excluding hydrogens is 284 g/mol. The maximum absolute atomic E-state index is 11.9. The lowest BCUT2D eigenvalue weighted by Crippen LogP contribution is -2.24. The molecule has 1 aliphatic heterocycles. The maximum atomic E-state index is 11.9. The summed E-state index contributed by atoms with van der Waals surface area (Å²) in [7, 11) is -3.83. The third-order valence-corrected chi connectivity index (χ3v) is 4.40. The van der Waals surface area contributed by atoms with E-state index in [1.807, 2.05) is 6.92 Å². The molecule has 1 heterocycles. The second-order valence-electron chi connectivity index (χ2n) is 4.71. The molecule has 2 unspecified atom stereocenters. The van der Waals surface area contributed by atoms with E-state index in [-0.39, 0.29) is 11.5 Å². The highest BCUT2D eigenvalue weighted by molar-refractivity contribution is 7.86. The van der Waals surface area contributed by atoms with Gasteiger partial charge in [-0.15, -0.1) is 0 Å². The van der Waals surface area contributed by atoms with E-state index in [9.17, 15) is 13.2 Å². The van der Waals surface area contributed by atoms with Crippen LogP contribution in [0.3, 0.4) is 0 Å². The van der Waals surface area contributed by atoms with E-state index in [1.54, 1.807) is 12.1 Å². The van der Waals surface area contributed by atoms with Gasteiger partial charge in [0, 0.05) is 0 Å². The summed E-state index contributed by atoms with van der Waals surface area (Å²) in [5.41, 5.74) is 0.951. The van der Waals surface area contributed by atoms with Crippen molar-refractivity contribution in [1.82, 2.24) is 0 Å². The van der Waals surface area contributed by atoms with Crippen LogP contribution in [0.15, 0.2) is 29.2 Å². The van der Waals surface area contributed by atoms with Crippen molar-refractivity contribution in [3.8, 4) is 0 Å². The molecule has 0 saturated carbocycles. The van der Waals surface area contributed by atoms with Crippen molar-refractivity contribution in [2.24, 2.45) is 0 Å². The molecule has 1 saturated heterocycles. The second-order valence-corrected chi connectivity index (χ2v) is 6.33. The third-order valence-electron chi connectivity index (χ3n) is 3.10.